The number of hydrogen-bond donors (Lipinski definition) is 1. The number of aromatic nitrogens is 1. The molecule has 4 heteroatoms. The Hall–Kier alpha value is -1.42. The quantitative estimate of drug-likeness (QED) is 0.896. The first-order chi connectivity index (χ1) is 9.22. The number of likely N-dealkylation sites (tertiary alicyclic amines) is 1. The third-order valence-electron chi connectivity index (χ3n) is 3.97. The normalized spacial score (nSPS) is 18.3. The Bertz CT molecular complexity index is 399. The summed E-state index contributed by atoms with van der Waals surface area (Å²) in [6.45, 7) is 4.80. The van der Waals surface area contributed by atoms with E-state index in [9.17, 15) is 4.79 Å². The lowest BCUT2D eigenvalue weighted by molar-refractivity contribution is -0.133. The average Bonchev–Trinajstić information content (AvgIpc) is 2.48. The van der Waals surface area contributed by atoms with Crippen molar-refractivity contribution in [3.63, 3.8) is 0 Å². The fourth-order valence-electron chi connectivity index (χ4n) is 2.69. The van der Waals surface area contributed by atoms with Crippen molar-refractivity contribution in [2.75, 3.05) is 26.7 Å². The first-order valence-electron chi connectivity index (χ1n) is 7.05. The molecule has 1 fully saturated rings. The van der Waals surface area contributed by atoms with Crippen LogP contribution in [0.15, 0.2) is 24.5 Å². The lowest BCUT2D eigenvalue weighted by Gasteiger charge is -2.33. The van der Waals surface area contributed by atoms with Crippen molar-refractivity contribution in [2.24, 2.45) is 5.92 Å². The van der Waals surface area contributed by atoms with Crippen molar-refractivity contribution in [3.05, 3.63) is 30.1 Å². The smallest absolute Gasteiger partial charge is 0.229 e. The molecule has 4 nitrogen and oxygen atoms in total. The van der Waals surface area contributed by atoms with Crippen LogP contribution < -0.4 is 5.32 Å². The number of rotatable bonds is 4. The SMILES string of the molecule is CNCC1CCN(C(=O)C(C)c2cccnc2)CC1. The minimum atomic E-state index is -0.0884. The van der Waals surface area contributed by atoms with E-state index in [1.54, 1.807) is 12.4 Å². The van der Waals surface area contributed by atoms with Gasteiger partial charge in [0.05, 0.1) is 5.92 Å². The van der Waals surface area contributed by atoms with E-state index in [0.29, 0.717) is 5.92 Å². The largest absolute Gasteiger partial charge is 0.342 e. The van der Waals surface area contributed by atoms with E-state index in [2.05, 4.69) is 10.3 Å². The number of nitrogens with one attached hydrogen (secondary N) is 1. The molecule has 104 valence electrons. The Morgan fingerprint density at radius 2 is 2.26 bits per heavy atom. The van der Waals surface area contributed by atoms with Crippen molar-refractivity contribution >= 4 is 5.91 Å². The zero-order valence-electron chi connectivity index (χ0n) is 11.8. The highest BCUT2D eigenvalue weighted by Gasteiger charge is 2.26. The monoisotopic (exact) mass is 261 g/mol. The number of carbonyl (C=O) groups excluding carboxylic acids is 1. The second kappa shape index (κ2) is 6.66. The van der Waals surface area contributed by atoms with Gasteiger partial charge in [-0.25, -0.2) is 0 Å². The molecule has 2 rings (SSSR count). The molecule has 0 spiro atoms. The van der Waals surface area contributed by atoms with Crippen LogP contribution in [0, 0.1) is 5.92 Å². The molecule has 1 N–H and O–H groups in total. The molecule has 1 saturated heterocycles. The van der Waals surface area contributed by atoms with Gasteiger partial charge in [0.1, 0.15) is 0 Å². The van der Waals surface area contributed by atoms with Gasteiger partial charge in [-0.05, 0) is 50.9 Å². The van der Waals surface area contributed by atoms with Gasteiger partial charge >= 0.3 is 0 Å². The van der Waals surface area contributed by atoms with Crippen LogP contribution in [0.2, 0.25) is 0 Å². The van der Waals surface area contributed by atoms with Crippen LogP contribution in [0.3, 0.4) is 0 Å². The molecule has 2 heterocycles. The summed E-state index contributed by atoms with van der Waals surface area (Å²) >= 11 is 0. The average molecular weight is 261 g/mol. The Kier molecular flexibility index (Phi) is 4.91. The number of carbonyl (C=O) groups is 1. The Morgan fingerprint density at radius 1 is 1.53 bits per heavy atom. The van der Waals surface area contributed by atoms with Gasteiger partial charge in [-0.15, -0.1) is 0 Å². The van der Waals surface area contributed by atoms with E-state index in [4.69, 9.17) is 0 Å². The Labute approximate surface area is 115 Å². The number of hydrogen-bond acceptors (Lipinski definition) is 3. The first-order valence-corrected chi connectivity index (χ1v) is 7.05. The molecule has 19 heavy (non-hydrogen) atoms. The molecular weight excluding hydrogens is 238 g/mol. The lowest BCUT2D eigenvalue weighted by Crippen LogP contribution is -2.42. The van der Waals surface area contributed by atoms with Gasteiger partial charge in [-0.1, -0.05) is 6.07 Å². The van der Waals surface area contributed by atoms with Gasteiger partial charge in [0.15, 0.2) is 0 Å². The van der Waals surface area contributed by atoms with Crippen LogP contribution in [0.4, 0.5) is 0 Å². The van der Waals surface area contributed by atoms with E-state index < -0.39 is 0 Å². The van der Waals surface area contributed by atoms with Crippen LogP contribution in [-0.2, 0) is 4.79 Å². The molecule has 0 radical (unpaired) electrons. The van der Waals surface area contributed by atoms with Crippen molar-refractivity contribution in [1.82, 2.24) is 15.2 Å². The van der Waals surface area contributed by atoms with Crippen LogP contribution in [0.1, 0.15) is 31.2 Å². The maximum atomic E-state index is 12.4. The van der Waals surface area contributed by atoms with Gasteiger partial charge < -0.3 is 10.2 Å². The summed E-state index contributed by atoms with van der Waals surface area (Å²) in [5.74, 6) is 0.855. The van der Waals surface area contributed by atoms with E-state index >= 15 is 0 Å². The molecule has 0 saturated carbocycles. The molecule has 1 unspecified atom stereocenters. The Balaban J connectivity index is 1.91. The number of amides is 1. The van der Waals surface area contributed by atoms with Gasteiger partial charge in [-0.2, -0.15) is 0 Å². The molecule has 1 aliphatic rings. The standard InChI is InChI=1S/C15H23N3O/c1-12(14-4-3-7-17-11-14)15(19)18-8-5-13(6-9-18)10-16-2/h3-4,7,11-13,16H,5-6,8-10H2,1-2H3. The van der Waals surface area contributed by atoms with Crippen molar-refractivity contribution in [3.8, 4) is 0 Å². The lowest BCUT2D eigenvalue weighted by atomic mass is 9.94. The number of nitrogens with zero attached hydrogens (tertiary/aromatic N) is 2. The highest BCUT2D eigenvalue weighted by Crippen LogP contribution is 2.22. The first kappa shape index (κ1) is 14.0. The summed E-state index contributed by atoms with van der Waals surface area (Å²) in [5.41, 5.74) is 1.00. The fraction of sp³-hybridized carbons (Fsp3) is 0.600. The highest BCUT2D eigenvalue weighted by molar-refractivity contribution is 5.83. The summed E-state index contributed by atoms with van der Waals surface area (Å²) in [6.07, 6.45) is 5.74. The van der Waals surface area contributed by atoms with E-state index in [1.807, 2.05) is 31.0 Å². The van der Waals surface area contributed by atoms with Crippen LogP contribution in [0.25, 0.3) is 0 Å². The molecule has 0 aliphatic carbocycles. The molecule has 0 bridgehead atoms. The number of piperidine rings is 1. The summed E-state index contributed by atoms with van der Waals surface area (Å²) < 4.78 is 0. The van der Waals surface area contributed by atoms with Crippen molar-refractivity contribution in [2.45, 2.75) is 25.7 Å². The fourth-order valence-corrected chi connectivity index (χ4v) is 2.69. The highest BCUT2D eigenvalue weighted by atomic mass is 16.2. The molecular formula is C15H23N3O. The van der Waals surface area contributed by atoms with E-state index in [1.165, 1.54) is 0 Å². The molecule has 1 aliphatic heterocycles. The second-order valence-corrected chi connectivity index (χ2v) is 5.33. The zero-order valence-corrected chi connectivity index (χ0v) is 11.8. The number of pyridine rings is 1. The van der Waals surface area contributed by atoms with Gasteiger partial charge in [-0.3, -0.25) is 9.78 Å². The van der Waals surface area contributed by atoms with Gasteiger partial charge in [0, 0.05) is 25.5 Å². The maximum absolute atomic E-state index is 12.4. The van der Waals surface area contributed by atoms with E-state index in [0.717, 1.165) is 38.0 Å². The molecule has 1 atom stereocenters. The van der Waals surface area contributed by atoms with Crippen molar-refractivity contribution in [1.29, 1.82) is 0 Å². The predicted molar refractivity (Wildman–Crippen MR) is 75.9 cm³/mol. The van der Waals surface area contributed by atoms with Crippen molar-refractivity contribution < 1.29 is 4.79 Å². The van der Waals surface area contributed by atoms with Gasteiger partial charge in [0.25, 0.3) is 0 Å². The van der Waals surface area contributed by atoms with E-state index in [-0.39, 0.29) is 11.8 Å². The second-order valence-electron chi connectivity index (χ2n) is 5.33. The third-order valence-corrected chi connectivity index (χ3v) is 3.97. The van der Waals surface area contributed by atoms with Crippen LogP contribution >= 0.6 is 0 Å². The third kappa shape index (κ3) is 3.53. The topological polar surface area (TPSA) is 45.2 Å². The minimum absolute atomic E-state index is 0.0884. The minimum Gasteiger partial charge on any atom is -0.342 e. The van der Waals surface area contributed by atoms with Gasteiger partial charge in [0.2, 0.25) is 5.91 Å². The zero-order chi connectivity index (χ0) is 13.7. The summed E-state index contributed by atoms with van der Waals surface area (Å²) in [5, 5.41) is 3.22. The Morgan fingerprint density at radius 3 is 2.84 bits per heavy atom. The van der Waals surface area contributed by atoms with Crippen LogP contribution in [-0.4, -0.2) is 42.5 Å². The molecule has 1 amide bonds. The maximum Gasteiger partial charge on any atom is 0.229 e. The summed E-state index contributed by atoms with van der Waals surface area (Å²) in [6, 6.07) is 3.86. The molecule has 0 aromatic carbocycles. The summed E-state index contributed by atoms with van der Waals surface area (Å²) in [7, 11) is 1.99. The summed E-state index contributed by atoms with van der Waals surface area (Å²) in [4.78, 5) is 18.5. The molecule has 1 aromatic rings. The van der Waals surface area contributed by atoms with Crippen LogP contribution in [0.5, 0.6) is 0 Å². The predicted octanol–water partition coefficient (Wildman–Crippen LogP) is 1.64. The molecule has 1 aromatic heterocycles.